The Balaban J connectivity index is 1.60. The molecule has 0 aliphatic heterocycles. The fraction of sp³-hybridized carbons (Fsp3) is 0.129. The summed E-state index contributed by atoms with van der Waals surface area (Å²) in [4.78, 5) is 22.1. The first-order valence-corrected chi connectivity index (χ1v) is 15.6. The van der Waals surface area contributed by atoms with Crippen molar-refractivity contribution < 1.29 is 22.0 Å². The van der Waals surface area contributed by atoms with Crippen LogP contribution in [0.2, 0.25) is 0 Å². The van der Waals surface area contributed by atoms with Gasteiger partial charge in [-0.25, -0.2) is 17.8 Å². The molecule has 42 heavy (non-hydrogen) atoms. The fourth-order valence-electron chi connectivity index (χ4n) is 4.80. The van der Waals surface area contributed by atoms with Crippen LogP contribution in [0, 0.1) is 12.7 Å². The number of hydrogen-bond acceptors (Lipinski definition) is 7. The van der Waals surface area contributed by atoms with Gasteiger partial charge in [0.2, 0.25) is 10.0 Å². The summed E-state index contributed by atoms with van der Waals surface area (Å²) in [5, 5.41) is 3.78. The van der Waals surface area contributed by atoms with E-state index in [1.54, 1.807) is 43.7 Å². The molecule has 0 bridgehead atoms. The number of furan rings is 1. The molecule has 0 atom stereocenters. The lowest BCUT2D eigenvalue weighted by atomic mass is 9.98. The molecule has 0 radical (unpaired) electrons. The van der Waals surface area contributed by atoms with Gasteiger partial charge < -0.3 is 9.73 Å². The summed E-state index contributed by atoms with van der Waals surface area (Å²) in [7, 11) is -0.682. The molecule has 3 aromatic heterocycles. The summed E-state index contributed by atoms with van der Waals surface area (Å²) in [6.07, 6.45) is 4.35. The number of benzene rings is 3. The van der Waals surface area contributed by atoms with Gasteiger partial charge in [0, 0.05) is 60.2 Å². The number of para-hydroxylation sites is 1. The van der Waals surface area contributed by atoms with E-state index in [0.717, 1.165) is 16.1 Å². The van der Waals surface area contributed by atoms with Crippen molar-refractivity contribution in [3.63, 3.8) is 0 Å². The lowest BCUT2D eigenvalue weighted by molar-refractivity contribution is 0.0964. The lowest BCUT2D eigenvalue weighted by Crippen LogP contribution is -2.25. The minimum absolute atomic E-state index is 0.277. The first kappa shape index (κ1) is 27.6. The minimum Gasteiger partial charge on any atom is -0.455 e. The number of amides is 1. The molecule has 3 aromatic carbocycles. The van der Waals surface area contributed by atoms with Gasteiger partial charge in [-0.2, -0.15) is 0 Å². The third kappa shape index (κ3) is 4.80. The molecule has 0 fully saturated rings. The molecule has 6 aromatic rings. The van der Waals surface area contributed by atoms with Gasteiger partial charge >= 0.3 is 0 Å². The standard InChI is InChI=1S/C31H25FN4O4S2/c1-17-8-10-18(11-9-17)29-27(30(37)33-2)22-13-21(24(14-25(22)40-29)36(3)42(4,38)39)19-12-20(16-34-15-19)31-35-28-23(32)6-5-7-26(28)41-31/h5-16H,1-4H3,(H,33,37). The number of nitrogens with one attached hydrogen (secondary N) is 1. The Labute approximate surface area is 245 Å². The number of fused-ring (bicyclic) bond motifs is 2. The second-order valence-corrected chi connectivity index (χ2v) is 13.0. The lowest BCUT2D eigenvalue weighted by Gasteiger charge is -2.20. The van der Waals surface area contributed by atoms with Crippen LogP contribution < -0.4 is 9.62 Å². The maximum atomic E-state index is 14.4. The van der Waals surface area contributed by atoms with Gasteiger partial charge in [-0.05, 0) is 31.2 Å². The molecule has 8 nitrogen and oxygen atoms in total. The smallest absolute Gasteiger partial charge is 0.255 e. The number of nitrogens with zero attached hydrogens (tertiary/aromatic N) is 3. The number of carbonyl (C=O) groups excluding carboxylic acids is 1. The quantitative estimate of drug-likeness (QED) is 0.230. The zero-order valence-electron chi connectivity index (χ0n) is 23.1. The minimum atomic E-state index is -3.68. The van der Waals surface area contributed by atoms with Gasteiger partial charge in [-0.3, -0.25) is 14.1 Å². The summed E-state index contributed by atoms with van der Waals surface area (Å²) >= 11 is 1.33. The summed E-state index contributed by atoms with van der Waals surface area (Å²) in [5.74, 6) is -0.381. The number of rotatable bonds is 6. The van der Waals surface area contributed by atoms with E-state index in [-0.39, 0.29) is 11.4 Å². The molecule has 11 heteroatoms. The van der Waals surface area contributed by atoms with E-state index in [0.29, 0.717) is 59.9 Å². The predicted molar refractivity (Wildman–Crippen MR) is 165 cm³/mol. The topological polar surface area (TPSA) is 105 Å². The van der Waals surface area contributed by atoms with Crippen molar-refractivity contribution in [3.8, 4) is 33.0 Å². The molecule has 0 unspecified atom stereocenters. The van der Waals surface area contributed by atoms with E-state index in [2.05, 4.69) is 15.3 Å². The second kappa shape index (κ2) is 10.3. The fourth-order valence-corrected chi connectivity index (χ4v) is 6.27. The van der Waals surface area contributed by atoms with Crippen molar-refractivity contribution in [2.75, 3.05) is 24.7 Å². The van der Waals surface area contributed by atoms with Crippen LogP contribution in [0.1, 0.15) is 15.9 Å². The Morgan fingerprint density at radius 1 is 1.02 bits per heavy atom. The second-order valence-electron chi connectivity index (χ2n) is 9.92. The number of carbonyl (C=O) groups is 1. The highest BCUT2D eigenvalue weighted by molar-refractivity contribution is 7.92. The van der Waals surface area contributed by atoms with Crippen molar-refractivity contribution in [2.24, 2.45) is 0 Å². The third-order valence-electron chi connectivity index (χ3n) is 7.08. The molecular formula is C31H25FN4O4S2. The Bertz CT molecular complexity index is 2120. The van der Waals surface area contributed by atoms with Gasteiger partial charge in [0.05, 0.1) is 22.2 Å². The van der Waals surface area contributed by atoms with E-state index in [4.69, 9.17) is 4.42 Å². The zero-order chi connectivity index (χ0) is 29.8. The Morgan fingerprint density at radius 2 is 1.76 bits per heavy atom. The Hall–Kier alpha value is -4.61. The van der Waals surface area contributed by atoms with E-state index < -0.39 is 15.8 Å². The predicted octanol–water partition coefficient (Wildman–Crippen LogP) is 6.64. The highest BCUT2D eigenvalue weighted by atomic mass is 32.2. The monoisotopic (exact) mass is 600 g/mol. The summed E-state index contributed by atoms with van der Waals surface area (Å²) in [6, 6.07) is 17.6. The molecule has 1 N–H and O–H groups in total. The SMILES string of the molecule is CNC(=O)c1c(-c2ccc(C)cc2)oc2cc(N(C)S(C)(=O)=O)c(-c3cncc(-c4nc5c(F)cccc5s4)c3)cc12. The van der Waals surface area contributed by atoms with Crippen molar-refractivity contribution in [2.45, 2.75) is 6.92 Å². The van der Waals surface area contributed by atoms with E-state index in [1.807, 2.05) is 37.3 Å². The largest absolute Gasteiger partial charge is 0.455 e. The van der Waals surface area contributed by atoms with Gasteiger partial charge in [0.25, 0.3) is 5.91 Å². The first-order chi connectivity index (χ1) is 20.0. The number of thiazole rings is 1. The summed E-state index contributed by atoms with van der Waals surface area (Å²) < 4.78 is 47.9. The molecular weight excluding hydrogens is 575 g/mol. The van der Waals surface area contributed by atoms with Crippen LogP contribution in [-0.4, -0.2) is 44.6 Å². The van der Waals surface area contributed by atoms with E-state index >= 15 is 0 Å². The van der Waals surface area contributed by atoms with Crippen molar-refractivity contribution in [1.29, 1.82) is 0 Å². The van der Waals surface area contributed by atoms with E-state index in [1.165, 1.54) is 24.5 Å². The molecule has 0 spiro atoms. The van der Waals surface area contributed by atoms with E-state index in [9.17, 15) is 17.6 Å². The highest BCUT2D eigenvalue weighted by Gasteiger charge is 2.26. The van der Waals surface area contributed by atoms with Crippen LogP contribution in [0.5, 0.6) is 0 Å². The third-order valence-corrected chi connectivity index (χ3v) is 9.34. The molecule has 0 aliphatic rings. The average molecular weight is 601 g/mol. The number of anilines is 1. The van der Waals surface area contributed by atoms with Crippen molar-refractivity contribution in [1.82, 2.24) is 15.3 Å². The molecule has 1 amide bonds. The van der Waals surface area contributed by atoms with Crippen LogP contribution >= 0.6 is 11.3 Å². The van der Waals surface area contributed by atoms with Gasteiger partial charge in [0.1, 0.15) is 27.7 Å². The number of aromatic nitrogens is 2. The Kier molecular flexibility index (Phi) is 6.78. The van der Waals surface area contributed by atoms with Gasteiger partial charge in [-0.15, -0.1) is 11.3 Å². The van der Waals surface area contributed by atoms with Crippen LogP contribution in [-0.2, 0) is 10.0 Å². The van der Waals surface area contributed by atoms with Crippen LogP contribution in [0.15, 0.2) is 77.5 Å². The summed E-state index contributed by atoms with van der Waals surface area (Å²) in [6.45, 7) is 1.97. The number of aryl methyl sites for hydroxylation is 1. The molecule has 0 saturated heterocycles. The average Bonchev–Trinajstić information content (AvgIpc) is 3.58. The number of hydrogen-bond donors (Lipinski definition) is 1. The highest BCUT2D eigenvalue weighted by Crippen LogP contribution is 2.42. The maximum Gasteiger partial charge on any atom is 0.255 e. The molecule has 0 saturated carbocycles. The number of halogens is 1. The van der Waals surface area contributed by atoms with Gasteiger partial charge in [0.15, 0.2) is 0 Å². The van der Waals surface area contributed by atoms with Gasteiger partial charge in [-0.1, -0.05) is 35.9 Å². The van der Waals surface area contributed by atoms with Crippen molar-refractivity contribution >= 4 is 54.1 Å². The Morgan fingerprint density at radius 3 is 2.45 bits per heavy atom. The number of sulfonamides is 1. The van der Waals surface area contributed by atoms with Crippen LogP contribution in [0.4, 0.5) is 10.1 Å². The molecule has 0 aliphatic carbocycles. The summed E-state index contributed by atoms with van der Waals surface area (Å²) in [5.41, 5.74) is 4.80. The maximum absolute atomic E-state index is 14.4. The first-order valence-electron chi connectivity index (χ1n) is 12.9. The normalized spacial score (nSPS) is 11.7. The molecule has 3 heterocycles. The molecule has 6 rings (SSSR count). The zero-order valence-corrected chi connectivity index (χ0v) is 24.7. The molecule has 212 valence electrons. The van der Waals surface area contributed by atoms with Crippen LogP contribution in [0.3, 0.4) is 0 Å². The van der Waals surface area contributed by atoms with Crippen LogP contribution in [0.25, 0.3) is 54.2 Å². The van der Waals surface area contributed by atoms with Crippen molar-refractivity contribution in [3.05, 3.63) is 90.0 Å². The number of pyridine rings is 1.